The summed E-state index contributed by atoms with van der Waals surface area (Å²) in [4.78, 5) is 75.6. The number of ether oxygens (including phenoxy) is 1. The van der Waals surface area contributed by atoms with Crippen molar-refractivity contribution in [3.05, 3.63) is 90.0 Å². The normalized spacial score (nSPS) is 17.3. The lowest BCUT2D eigenvalue weighted by Gasteiger charge is -2.32. The van der Waals surface area contributed by atoms with Crippen molar-refractivity contribution in [1.82, 2.24) is 34.9 Å². The predicted molar refractivity (Wildman–Crippen MR) is 209 cm³/mol. The Balaban J connectivity index is 0.826. The molecule has 3 aliphatic heterocycles. The van der Waals surface area contributed by atoms with E-state index in [2.05, 4.69) is 15.3 Å². The topological polar surface area (TPSA) is 183 Å². The Labute approximate surface area is 331 Å². The Hall–Kier alpha value is -6.16. The third-order valence-corrected chi connectivity index (χ3v) is 11.7. The van der Waals surface area contributed by atoms with Crippen LogP contribution in [0.3, 0.4) is 0 Å². The molecule has 0 spiro atoms. The van der Waals surface area contributed by atoms with Gasteiger partial charge in [0.25, 0.3) is 11.8 Å². The number of nitrogens with one attached hydrogen (secondary N) is 1. The van der Waals surface area contributed by atoms with Crippen LogP contribution < -0.4 is 15.8 Å². The maximum absolute atomic E-state index is 14.8. The summed E-state index contributed by atoms with van der Waals surface area (Å²) in [5, 5.41) is 7.83. The molecule has 2 aromatic heterocycles. The van der Waals surface area contributed by atoms with Crippen molar-refractivity contribution >= 4 is 58.1 Å². The summed E-state index contributed by atoms with van der Waals surface area (Å²) in [6.07, 6.45) is 5.40. The van der Waals surface area contributed by atoms with Gasteiger partial charge in [0.2, 0.25) is 17.7 Å². The number of piperidine rings is 2. The second-order valence-electron chi connectivity index (χ2n) is 14.2. The number of halogens is 1. The van der Waals surface area contributed by atoms with Gasteiger partial charge in [0.1, 0.15) is 41.2 Å². The highest BCUT2D eigenvalue weighted by Gasteiger charge is 2.47. The van der Waals surface area contributed by atoms with Gasteiger partial charge in [-0.1, -0.05) is 24.6 Å². The lowest BCUT2D eigenvalue weighted by molar-refractivity contribution is -0.136. The summed E-state index contributed by atoms with van der Waals surface area (Å²) < 4.78 is 22.7. The number of hydrogen-bond donors (Lipinski definition) is 2. The van der Waals surface area contributed by atoms with E-state index in [4.69, 9.17) is 15.6 Å². The van der Waals surface area contributed by atoms with E-state index in [0.717, 1.165) is 35.1 Å². The number of hydrogen-bond acceptors (Lipinski definition) is 11. The zero-order chi connectivity index (χ0) is 39.6. The summed E-state index contributed by atoms with van der Waals surface area (Å²) in [7, 11) is 0. The average Bonchev–Trinajstić information content (AvgIpc) is 3.74. The number of anilines is 1. The Morgan fingerprint density at radius 2 is 1.61 bits per heavy atom. The van der Waals surface area contributed by atoms with Crippen LogP contribution in [0.1, 0.15) is 78.1 Å². The van der Waals surface area contributed by atoms with Crippen LogP contribution in [0, 0.1) is 5.82 Å². The van der Waals surface area contributed by atoms with Crippen LogP contribution in [0.25, 0.3) is 22.3 Å². The summed E-state index contributed by atoms with van der Waals surface area (Å²) in [5.74, 6) is -1.21. The third kappa shape index (κ3) is 7.56. The zero-order valence-electron chi connectivity index (χ0n) is 30.9. The highest BCUT2D eigenvalue weighted by molar-refractivity contribution is 7.99. The van der Waals surface area contributed by atoms with Gasteiger partial charge >= 0.3 is 0 Å². The number of unbranched alkanes of at least 4 members (excludes halogenated alkanes) is 2. The minimum absolute atomic E-state index is 0.00707. The van der Waals surface area contributed by atoms with Crippen LogP contribution in [-0.2, 0) is 14.4 Å². The van der Waals surface area contributed by atoms with Crippen molar-refractivity contribution in [3.8, 4) is 22.8 Å². The molecule has 2 saturated heterocycles. The summed E-state index contributed by atoms with van der Waals surface area (Å²) in [5.41, 5.74) is 8.16. The number of carbonyl (C=O) groups excluding carboxylic acids is 5. The molecule has 57 heavy (non-hydrogen) atoms. The standard InChI is InChI=1S/C41H39FN8O6S/c42-28-14-16-30(34-33(28)40(54)49(41(34)55)29-15-17-31(51)46-39(29)53)57-22-6-2-5-9-32(52)48-20-18-25(19-21-48)50-38-35(37(43)44-23-45-38)36(47-50)24-10-12-27(13-11-24)56-26-7-3-1-4-8-26/h1,3-4,7-8,10-14,16,23,25,29H,2,5-6,9,15,17-22H2,(H2,43,44,45)(H,46,51,53). The van der Waals surface area contributed by atoms with E-state index in [9.17, 15) is 28.4 Å². The number of fused-ring (bicyclic) bond motifs is 2. The van der Waals surface area contributed by atoms with Crippen molar-refractivity contribution in [2.45, 2.75) is 68.3 Å². The molecule has 14 nitrogen and oxygen atoms in total. The molecule has 0 bridgehead atoms. The lowest BCUT2D eigenvalue weighted by atomic mass is 10.0. The van der Waals surface area contributed by atoms with Crippen molar-refractivity contribution < 1.29 is 33.1 Å². The SMILES string of the molecule is Nc1ncnc2c1c(-c1ccc(Oc3ccccc3)cc1)nn2C1CCN(C(=O)CCCCCSc2ccc(F)c3c2C(=O)N(C2CCC(=O)NC2=O)C3=O)CC1. The number of para-hydroxylation sites is 1. The molecule has 5 amide bonds. The second-order valence-corrected chi connectivity index (χ2v) is 15.3. The molecule has 1 atom stereocenters. The van der Waals surface area contributed by atoms with Crippen LogP contribution in [0.4, 0.5) is 10.2 Å². The van der Waals surface area contributed by atoms with Gasteiger partial charge in [-0.15, -0.1) is 11.8 Å². The fourth-order valence-electron chi connectivity index (χ4n) is 7.66. The first kappa shape index (κ1) is 37.7. The maximum atomic E-state index is 14.8. The van der Waals surface area contributed by atoms with Crippen LogP contribution in [0.2, 0.25) is 0 Å². The molecule has 2 fully saturated rings. The van der Waals surface area contributed by atoms with Gasteiger partial charge < -0.3 is 15.4 Å². The molecule has 16 heteroatoms. The fourth-order valence-corrected chi connectivity index (χ4v) is 8.72. The Morgan fingerprint density at radius 1 is 0.877 bits per heavy atom. The van der Waals surface area contributed by atoms with Crippen molar-refractivity contribution in [2.24, 2.45) is 0 Å². The lowest BCUT2D eigenvalue weighted by Crippen LogP contribution is -2.54. The Kier molecular flexibility index (Phi) is 10.7. The number of imide groups is 2. The molecular weight excluding hydrogens is 752 g/mol. The molecule has 3 aromatic carbocycles. The fraction of sp³-hybridized carbons (Fsp3) is 0.317. The smallest absolute Gasteiger partial charge is 0.265 e. The average molecular weight is 791 g/mol. The van der Waals surface area contributed by atoms with Gasteiger partial charge in [-0.05, 0) is 86.4 Å². The quantitative estimate of drug-likeness (QED) is 0.0869. The maximum Gasteiger partial charge on any atom is 0.265 e. The van der Waals surface area contributed by atoms with E-state index >= 15 is 0 Å². The molecule has 0 saturated carbocycles. The number of nitrogens with two attached hydrogens (primary N) is 1. The molecule has 5 aromatic rings. The van der Waals surface area contributed by atoms with Crippen molar-refractivity contribution in [3.63, 3.8) is 0 Å². The van der Waals surface area contributed by atoms with Gasteiger partial charge in [0, 0.05) is 36.4 Å². The number of rotatable bonds is 12. The van der Waals surface area contributed by atoms with E-state index in [1.807, 2.05) is 64.2 Å². The van der Waals surface area contributed by atoms with E-state index in [-0.39, 0.29) is 35.9 Å². The Morgan fingerprint density at radius 3 is 2.37 bits per heavy atom. The molecule has 0 radical (unpaired) electrons. The summed E-state index contributed by atoms with van der Waals surface area (Å²) in [6.45, 7) is 1.17. The number of aromatic nitrogens is 4. The molecule has 5 heterocycles. The van der Waals surface area contributed by atoms with Gasteiger partial charge in [0.15, 0.2) is 5.65 Å². The first-order valence-corrected chi connectivity index (χ1v) is 19.9. The predicted octanol–water partition coefficient (Wildman–Crippen LogP) is 5.92. The van der Waals surface area contributed by atoms with Gasteiger partial charge in [-0.3, -0.25) is 34.2 Å². The van der Waals surface area contributed by atoms with Gasteiger partial charge in [-0.25, -0.2) is 19.0 Å². The van der Waals surface area contributed by atoms with Crippen LogP contribution in [-0.4, -0.2) is 84.0 Å². The number of likely N-dealkylation sites (tertiary alicyclic amines) is 1. The number of carbonyl (C=O) groups is 5. The number of amides is 5. The highest BCUT2D eigenvalue weighted by atomic mass is 32.2. The first-order chi connectivity index (χ1) is 27.7. The van der Waals surface area contributed by atoms with Crippen molar-refractivity contribution in [2.75, 3.05) is 24.6 Å². The van der Waals surface area contributed by atoms with E-state index < -0.39 is 35.5 Å². The molecular formula is C41H39FN8O6S. The summed E-state index contributed by atoms with van der Waals surface area (Å²) >= 11 is 1.33. The third-order valence-electron chi connectivity index (χ3n) is 10.6. The highest BCUT2D eigenvalue weighted by Crippen LogP contribution is 2.38. The molecule has 1 unspecified atom stereocenters. The van der Waals surface area contributed by atoms with Gasteiger partial charge in [0.05, 0.1) is 22.6 Å². The number of thioether (sulfide) groups is 1. The molecule has 8 rings (SSSR count). The van der Waals surface area contributed by atoms with Gasteiger partial charge in [-0.2, -0.15) is 5.10 Å². The number of nitrogen functional groups attached to an aromatic ring is 1. The Bertz CT molecular complexity index is 2380. The summed E-state index contributed by atoms with van der Waals surface area (Å²) in [6, 6.07) is 18.7. The molecule has 292 valence electrons. The van der Waals surface area contributed by atoms with Crippen molar-refractivity contribution in [1.29, 1.82) is 0 Å². The minimum Gasteiger partial charge on any atom is -0.457 e. The molecule has 0 aliphatic carbocycles. The van der Waals surface area contributed by atoms with E-state index in [1.165, 1.54) is 24.2 Å². The zero-order valence-corrected chi connectivity index (χ0v) is 31.7. The monoisotopic (exact) mass is 790 g/mol. The largest absolute Gasteiger partial charge is 0.457 e. The number of benzene rings is 3. The minimum atomic E-state index is -1.17. The van der Waals surface area contributed by atoms with Crippen LogP contribution >= 0.6 is 11.8 Å². The first-order valence-electron chi connectivity index (χ1n) is 18.9. The number of nitrogens with zero attached hydrogens (tertiary/aromatic N) is 6. The molecule has 3 aliphatic rings. The van der Waals surface area contributed by atoms with Crippen LogP contribution in [0.5, 0.6) is 11.5 Å². The second kappa shape index (κ2) is 16.1. The molecule has 3 N–H and O–H groups in total. The van der Waals surface area contributed by atoms with E-state index in [1.54, 1.807) is 0 Å². The van der Waals surface area contributed by atoms with E-state index in [0.29, 0.717) is 77.7 Å². The van der Waals surface area contributed by atoms with Crippen LogP contribution in [0.15, 0.2) is 78.0 Å².